The van der Waals surface area contributed by atoms with Gasteiger partial charge in [-0.25, -0.2) is 8.78 Å². The molecule has 0 bridgehead atoms. The number of alkyl halides is 2. The fraction of sp³-hybridized carbons (Fsp3) is 0.429. The summed E-state index contributed by atoms with van der Waals surface area (Å²) in [4.78, 5) is 0. The van der Waals surface area contributed by atoms with Gasteiger partial charge in [-0.15, -0.1) is 5.10 Å². The molecule has 0 amide bonds. The van der Waals surface area contributed by atoms with E-state index in [0.717, 1.165) is 5.56 Å². The highest BCUT2D eigenvalue weighted by Gasteiger charge is 2.08. The Labute approximate surface area is 63.3 Å². The zero-order chi connectivity index (χ0) is 8.27. The van der Waals surface area contributed by atoms with Crippen molar-refractivity contribution in [3.63, 3.8) is 0 Å². The normalized spacial score (nSPS) is 10.5. The Balaban J connectivity index is 2.91. The lowest BCUT2D eigenvalue weighted by atomic mass is 10.2. The van der Waals surface area contributed by atoms with Crippen molar-refractivity contribution >= 4 is 0 Å². The van der Waals surface area contributed by atoms with Crippen molar-refractivity contribution in [2.45, 2.75) is 19.8 Å². The number of hydrogen-bond donors (Lipinski definition) is 0. The molecule has 0 aliphatic rings. The number of halogens is 2. The summed E-state index contributed by atoms with van der Waals surface area (Å²) in [6, 6.07) is 1.37. The van der Waals surface area contributed by atoms with Crippen molar-refractivity contribution in [2.75, 3.05) is 0 Å². The van der Waals surface area contributed by atoms with Gasteiger partial charge in [-0.2, -0.15) is 5.10 Å². The van der Waals surface area contributed by atoms with Gasteiger partial charge in [-0.1, -0.05) is 6.92 Å². The summed E-state index contributed by atoms with van der Waals surface area (Å²) in [5.74, 6) is 0. The minimum Gasteiger partial charge on any atom is -0.203 e. The molecule has 1 heterocycles. The van der Waals surface area contributed by atoms with Gasteiger partial charge in [0.2, 0.25) is 0 Å². The molecule has 1 aromatic heterocycles. The third-order valence-electron chi connectivity index (χ3n) is 1.36. The lowest BCUT2D eigenvalue weighted by Gasteiger charge is -1.98. The van der Waals surface area contributed by atoms with Gasteiger partial charge in [0.25, 0.3) is 6.43 Å². The molecule has 1 aromatic rings. The van der Waals surface area contributed by atoms with Crippen molar-refractivity contribution in [3.8, 4) is 0 Å². The SMILES string of the molecule is CCc1cnnc(C(F)F)c1. The van der Waals surface area contributed by atoms with Gasteiger partial charge in [-0.05, 0) is 18.1 Å². The van der Waals surface area contributed by atoms with Crippen molar-refractivity contribution in [1.82, 2.24) is 10.2 Å². The Kier molecular flexibility index (Phi) is 2.46. The van der Waals surface area contributed by atoms with E-state index in [1.165, 1.54) is 12.3 Å². The van der Waals surface area contributed by atoms with E-state index in [2.05, 4.69) is 10.2 Å². The number of rotatable bonds is 2. The van der Waals surface area contributed by atoms with Crippen molar-refractivity contribution in [1.29, 1.82) is 0 Å². The first-order valence-electron chi connectivity index (χ1n) is 3.33. The fourth-order valence-corrected chi connectivity index (χ4v) is 0.726. The number of aromatic nitrogens is 2. The third kappa shape index (κ3) is 1.93. The van der Waals surface area contributed by atoms with Crippen LogP contribution in [0.1, 0.15) is 24.6 Å². The summed E-state index contributed by atoms with van der Waals surface area (Å²) in [5, 5.41) is 6.73. The molecule has 0 spiro atoms. The van der Waals surface area contributed by atoms with Crippen molar-refractivity contribution < 1.29 is 8.78 Å². The molecule has 0 N–H and O–H groups in total. The van der Waals surface area contributed by atoms with Gasteiger partial charge in [-0.3, -0.25) is 0 Å². The zero-order valence-corrected chi connectivity index (χ0v) is 6.09. The largest absolute Gasteiger partial charge is 0.282 e. The molecular weight excluding hydrogens is 150 g/mol. The highest BCUT2D eigenvalue weighted by Crippen LogP contribution is 2.15. The predicted molar refractivity (Wildman–Crippen MR) is 36.4 cm³/mol. The summed E-state index contributed by atoms with van der Waals surface area (Å²) >= 11 is 0. The first-order valence-corrected chi connectivity index (χ1v) is 3.33. The molecule has 0 aromatic carbocycles. The molecule has 1 rings (SSSR count). The van der Waals surface area contributed by atoms with E-state index in [0.29, 0.717) is 6.42 Å². The second kappa shape index (κ2) is 3.37. The number of hydrogen-bond acceptors (Lipinski definition) is 2. The Hall–Kier alpha value is -1.06. The Bertz CT molecular complexity index is 238. The molecule has 0 atom stereocenters. The summed E-state index contributed by atoms with van der Waals surface area (Å²) in [6.07, 6.45) is -0.324. The Morgan fingerprint density at radius 1 is 1.55 bits per heavy atom. The van der Waals surface area contributed by atoms with Crippen LogP contribution >= 0.6 is 0 Å². The molecule has 2 nitrogen and oxygen atoms in total. The van der Waals surface area contributed by atoms with Crippen LogP contribution in [0.3, 0.4) is 0 Å². The molecule has 0 radical (unpaired) electrons. The molecule has 4 heteroatoms. The van der Waals surface area contributed by atoms with Crippen molar-refractivity contribution in [3.05, 3.63) is 23.5 Å². The van der Waals surface area contributed by atoms with Crippen LogP contribution in [-0.2, 0) is 6.42 Å². The van der Waals surface area contributed by atoms with E-state index in [9.17, 15) is 8.78 Å². The maximum atomic E-state index is 12.0. The number of aryl methyl sites for hydroxylation is 1. The second-order valence-corrected chi connectivity index (χ2v) is 2.14. The quantitative estimate of drug-likeness (QED) is 0.657. The molecule has 0 unspecified atom stereocenters. The summed E-state index contributed by atoms with van der Waals surface area (Å²) in [5.41, 5.74) is 0.541. The second-order valence-electron chi connectivity index (χ2n) is 2.14. The maximum Gasteiger partial charge on any atom is 0.282 e. The Morgan fingerprint density at radius 2 is 2.27 bits per heavy atom. The summed E-state index contributed by atoms with van der Waals surface area (Å²) in [6.45, 7) is 1.88. The van der Waals surface area contributed by atoms with E-state index in [1.807, 2.05) is 6.92 Å². The smallest absolute Gasteiger partial charge is 0.203 e. The molecular formula is C7H8F2N2. The van der Waals surface area contributed by atoms with Crippen LogP contribution in [0.25, 0.3) is 0 Å². The lowest BCUT2D eigenvalue weighted by molar-refractivity contribution is 0.144. The minimum atomic E-state index is -2.52. The van der Waals surface area contributed by atoms with Crippen LogP contribution in [-0.4, -0.2) is 10.2 Å². The molecule has 0 saturated heterocycles. The fourth-order valence-electron chi connectivity index (χ4n) is 0.726. The standard InChI is InChI=1S/C7H8F2N2/c1-2-5-3-6(7(8)9)11-10-4-5/h3-4,7H,2H2,1H3. The monoisotopic (exact) mass is 158 g/mol. The minimum absolute atomic E-state index is 0.246. The molecule has 0 saturated carbocycles. The first-order chi connectivity index (χ1) is 5.24. The van der Waals surface area contributed by atoms with E-state index in [1.54, 1.807) is 0 Å². The van der Waals surface area contributed by atoms with E-state index >= 15 is 0 Å². The topological polar surface area (TPSA) is 25.8 Å². The summed E-state index contributed by atoms with van der Waals surface area (Å²) in [7, 11) is 0. The predicted octanol–water partition coefficient (Wildman–Crippen LogP) is 1.98. The molecule has 0 aliphatic carbocycles. The molecule has 60 valence electrons. The van der Waals surface area contributed by atoms with Crippen LogP contribution < -0.4 is 0 Å². The third-order valence-corrected chi connectivity index (χ3v) is 1.36. The average molecular weight is 158 g/mol. The molecule has 11 heavy (non-hydrogen) atoms. The van der Waals surface area contributed by atoms with E-state index < -0.39 is 6.43 Å². The van der Waals surface area contributed by atoms with Crippen LogP contribution in [0.2, 0.25) is 0 Å². The van der Waals surface area contributed by atoms with E-state index in [-0.39, 0.29) is 5.69 Å². The average Bonchev–Trinajstić information content (AvgIpc) is 2.05. The van der Waals surface area contributed by atoms with E-state index in [4.69, 9.17) is 0 Å². The van der Waals surface area contributed by atoms with Crippen LogP contribution in [0.5, 0.6) is 0 Å². The molecule has 0 aliphatic heterocycles. The lowest BCUT2D eigenvalue weighted by Crippen LogP contribution is -1.94. The van der Waals surface area contributed by atoms with Gasteiger partial charge in [0.05, 0.1) is 6.20 Å². The van der Waals surface area contributed by atoms with Gasteiger partial charge in [0.1, 0.15) is 5.69 Å². The highest BCUT2D eigenvalue weighted by atomic mass is 19.3. The van der Waals surface area contributed by atoms with Crippen LogP contribution in [0.15, 0.2) is 12.3 Å². The van der Waals surface area contributed by atoms with Gasteiger partial charge >= 0.3 is 0 Å². The highest BCUT2D eigenvalue weighted by molar-refractivity contribution is 5.12. The number of nitrogens with zero attached hydrogens (tertiary/aromatic N) is 2. The summed E-state index contributed by atoms with van der Waals surface area (Å²) < 4.78 is 24.0. The van der Waals surface area contributed by atoms with Gasteiger partial charge < -0.3 is 0 Å². The Morgan fingerprint density at radius 3 is 2.82 bits per heavy atom. The maximum absolute atomic E-state index is 12.0. The van der Waals surface area contributed by atoms with Crippen LogP contribution in [0, 0.1) is 0 Å². The van der Waals surface area contributed by atoms with Crippen molar-refractivity contribution in [2.24, 2.45) is 0 Å². The van der Waals surface area contributed by atoms with Gasteiger partial charge in [0, 0.05) is 0 Å². The zero-order valence-electron chi connectivity index (χ0n) is 6.09. The molecule has 0 fully saturated rings. The van der Waals surface area contributed by atoms with Crippen LogP contribution in [0.4, 0.5) is 8.78 Å². The first kappa shape index (κ1) is 8.04. The van der Waals surface area contributed by atoms with Gasteiger partial charge in [0.15, 0.2) is 0 Å².